The average Bonchev–Trinajstić information content (AvgIpc) is 3.42. The van der Waals surface area contributed by atoms with Gasteiger partial charge in [-0.3, -0.25) is 19.6 Å². The predicted octanol–water partition coefficient (Wildman–Crippen LogP) is 3.44. The lowest BCUT2D eigenvalue weighted by molar-refractivity contribution is -0.386. The maximum atomic E-state index is 13.0. The molecule has 3 aromatic rings. The van der Waals surface area contributed by atoms with Crippen molar-refractivity contribution in [3.8, 4) is 0 Å². The Labute approximate surface area is 164 Å². The number of hydrogen-bond acceptors (Lipinski definition) is 7. The highest BCUT2D eigenvalue weighted by atomic mass is 32.1. The van der Waals surface area contributed by atoms with Gasteiger partial charge in [-0.1, -0.05) is 6.07 Å². The summed E-state index contributed by atoms with van der Waals surface area (Å²) in [5.41, 5.74) is 1.36. The molecular weight excluding hydrogens is 382 g/mol. The molecule has 3 aromatic heterocycles. The Morgan fingerprint density at radius 1 is 1.39 bits per heavy atom. The molecule has 1 unspecified atom stereocenters. The second kappa shape index (κ2) is 7.04. The van der Waals surface area contributed by atoms with Crippen LogP contribution in [0.15, 0.2) is 45.4 Å². The molecule has 144 valence electrons. The zero-order valence-corrected chi connectivity index (χ0v) is 16.0. The summed E-state index contributed by atoms with van der Waals surface area (Å²) in [6, 6.07) is 7.12. The number of carbonyl (C=O) groups is 1. The van der Waals surface area contributed by atoms with Crippen LogP contribution in [-0.2, 0) is 11.3 Å². The number of furan rings is 1. The number of thiophene rings is 1. The first-order valence-corrected chi connectivity index (χ1v) is 9.49. The van der Waals surface area contributed by atoms with Crippen LogP contribution in [-0.4, -0.2) is 31.3 Å². The van der Waals surface area contributed by atoms with E-state index in [4.69, 9.17) is 4.42 Å². The third-order valence-electron chi connectivity index (χ3n) is 4.65. The van der Waals surface area contributed by atoms with E-state index in [0.717, 1.165) is 10.6 Å². The molecule has 28 heavy (non-hydrogen) atoms. The van der Waals surface area contributed by atoms with E-state index in [0.29, 0.717) is 17.9 Å². The van der Waals surface area contributed by atoms with Crippen LogP contribution in [0.2, 0.25) is 0 Å². The smallest absolute Gasteiger partial charge is 0.312 e. The molecule has 0 aromatic carbocycles. The molecule has 0 saturated heterocycles. The molecule has 0 N–H and O–H groups in total. The van der Waals surface area contributed by atoms with Gasteiger partial charge in [-0.15, -0.1) is 11.3 Å². The summed E-state index contributed by atoms with van der Waals surface area (Å²) in [6.07, 6.45) is 2.10. The van der Waals surface area contributed by atoms with E-state index >= 15 is 0 Å². The first-order chi connectivity index (χ1) is 13.5. The molecule has 0 spiro atoms. The van der Waals surface area contributed by atoms with Crippen molar-refractivity contribution in [2.24, 2.45) is 5.10 Å². The van der Waals surface area contributed by atoms with Crippen molar-refractivity contribution in [3.63, 3.8) is 0 Å². The summed E-state index contributed by atoms with van der Waals surface area (Å²) in [6.45, 7) is 3.00. The molecule has 0 radical (unpaired) electrons. The first-order valence-electron chi connectivity index (χ1n) is 8.61. The van der Waals surface area contributed by atoms with Gasteiger partial charge in [0.1, 0.15) is 29.7 Å². The van der Waals surface area contributed by atoms with Crippen LogP contribution >= 0.6 is 11.3 Å². The summed E-state index contributed by atoms with van der Waals surface area (Å²) in [7, 11) is 0. The number of nitrogens with zero attached hydrogens (tertiary/aromatic N) is 5. The molecule has 0 aliphatic carbocycles. The van der Waals surface area contributed by atoms with Crippen LogP contribution in [0.25, 0.3) is 0 Å². The average molecular weight is 399 g/mol. The van der Waals surface area contributed by atoms with Crippen molar-refractivity contribution in [2.75, 3.05) is 0 Å². The molecule has 0 bridgehead atoms. The molecule has 0 fully saturated rings. The Bertz CT molecular complexity index is 1050. The molecule has 9 nitrogen and oxygen atoms in total. The number of carbonyl (C=O) groups excluding carboxylic acids is 1. The lowest BCUT2D eigenvalue weighted by atomic mass is 10.1. The van der Waals surface area contributed by atoms with E-state index in [1.54, 1.807) is 37.5 Å². The van der Waals surface area contributed by atoms with Gasteiger partial charge in [0.2, 0.25) is 0 Å². The van der Waals surface area contributed by atoms with Crippen LogP contribution in [0, 0.1) is 24.0 Å². The van der Waals surface area contributed by atoms with E-state index in [1.807, 2.05) is 23.6 Å². The zero-order chi connectivity index (χ0) is 19.8. The fourth-order valence-electron chi connectivity index (χ4n) is 3.34. The SMILES string of the molecule is Cc1nn(CC(=O)N2N=C(c3cccs3)CC2c2ccco2)c(C)c1[N+](=O)[O-]. The van der Waals surface area contributed by atoms with Crippen LogP contribution in [0.5, 0.6) is 0 Å². The van der Waals surface area contributed by atoms with Gasteiger partial charge in [0, 0.05) is 6.42 Å². The van der Waals surface area contributed by atoms with Crippen molar-refractivity contribution in [1.29, 1.82) is 0 Å². The lowest BCUT2D eigenvalue weighted by Crippen LogP contribution is -2.30. The van der Waals surface area contributed by atoms with Crippen LogP contribution in [0.4, 0.5) is 5.69 Å². The number of rotatable bonds is 5. The Hall–Kier alpha value is -3.27. The summed E-state index contributed by atoms with van der Waals surface area (Å²) in [5, 5.41) is 23.3. The third-order valence-corrected chi connectivity index (χ3v) is 5.57. The van der Waals surface area contributed by atoms with Gasteiger partial charge in [0.05, 0.1) is 21.8 Å². The predicted molar refractivity (Wildman–Crippen MR) is 102 cm³/mol. The van der Waals surface area contributed by atoms with E-state index in [2.05, 4.69) is 10.2 Å². The molecule has 0 saturated carbocycles. The molecule has 1 aliphatic rings. The number of aryl methyl sites for hydroxylation is 1. The van der Waals surface area contributed by atoms with Crippen LogP contribution in [0.3, 0.4) is 0 Å². The molecule has 1 atom stereocenters. The Morgan fingerprint density at radius 3 is 2.82 bits per heavy atom. The highest BCUT2D eigenvalue weighted by Crippen LogP contribution is 2.34. The molecule has 10 heteroatoms. The van der Waals surface area contributed by atoms with Gasteiger partial charge in [-0.25, -0.2) is 5.01 Å². The highest BCUT2D eigenvalue weighted by molar-refractivity contribution is 7.12. The fraction of sp³-hybridized carbons (Fsp3) is 0.278. The Kier molecular flexibility index (Phi) is 4.55. The van der Waals surface area contributed by atoms with E-state index < -0.39 is 4.92 Å². The molecular formula is C18H17N5O4S. The molecule has 1 aliphatic heterocycles. The number of amides is 1. The standard InChI is InChI=1S/C18H17N5O4S/c1-11-18(23(25)26)12(2)21(19-11)10-17(24)22-14(15-5-3-7-27-15)9-13(20-22)16-6-4-8-28-16/h3-8,14H,9-10H2,1-2H3. The maximum absolute atomic E-state index is 13.0. The minimum absolute atomic E-state index is 0.0698. The number of hydrogen-bond donors (Lipinski definition) is 0. The van der Waals surface area contributed by atoms with E-state index in [1.165, 1.54) is 9.69 Å². The lowest BCUT2D eigenvalue weighted by Gasteiger charge is -2.20. The Balaban J connectivity index is 1.64. The summed E-state index contributed by atoms with van der Waals surface area (Å²) < 4.78 is 6.87. The number of hydrazone groups is 1. The summed E-state index contributed by atoms with van der Waals surface area (Å²) in [5.74, 6) is 0.330. The van der Waals surface area contributed by atoms with Gasteiger partial charge in [-0.2, -0.15) is 10.2 Å². The maximum Gasteiger partial charge on any atom is 0.312 e. The minimum Gasteiger partial charge on any atom is -0.467 e. The zero-order valence-electron chi connectivity index (χ0n) is 15.2. The topological polar surface area (TPSA) is 107 Å². The van der Waals surface area contributed by atoms with Gasteiger partial charge >= 0.3 is 5.69 Å². The second-order valence-electron chi connectivity index (χ2n) is 6.43. The van der Waals surface area contributed by atoms with Crippen molar-refractivity contribution in [3.05, 3.63) is 68.0 Å². The van der Waals surface area contributed by atoms with Crippen molar-refractivity contribution >= 4 is 28.6 Å². The summed E-state index contributed by atoms with van der Waals surface area (Å²) in [4.78, 5) is 24.7. The minimum atomic E-state index is -0.479. The monoisotopic (exact) mass is 399 g/mol. The van der Waals surface area contributed by atoms with Gasteiger partial charge in [-0.05, 0) is 37.4 Å². The van der Waals surface area contributed by atoms with E-state index in [9.17, 15) is 14.9 Å². The molecule has 4 rings (SSSR count). The Morgan fingerprint density at radius 2 is 2.21 bits per heavy atom. The molecule has 4 heterocycles. The number of nitro groups is 1. The highest BCUT2D eigenvalue weighted by Gasteiger charge is 2.36. The quantitative estimate of drug-likeness (QED) is 0.482. The van der Waals surface area contributed by atoms with Crippen molar-refractivity contribution in [1.82, 2.24) is 14.8 Å². The van der Waals surface area contributed by atoms with Crippen LogP contribution < -0.4 is 0 Å². The largest absolute Gasteiger partial charge is 0.467 e. The van der Waals surface area contributed by atoms with Gasteiger partial charge < -0.3 is 4.42 Å². The second-order valence-corrected chi connectivity index (χ2v) is 7.38. The van der Waals surface area contributed by atoms with Crippen molar-refractivity contribution < 1.29 is 14.1 Å². The third kappa shape index (κ3) is 3.11. The summed E-state index contributed by atoms with van der Waals surface area (Å²) >= 11 is 1.56. The van der Waals surface area contributed by atoms with Crippen molar-refractivity contribution in [2.45, 2.75) is 32.9 Å². The molecule has 1 amide bonds. The first kappa shape index (κ1) is 18.1. The van der Waals surface area contributed by atoms with E-state index in [-0.39, 0.29) is 29.9 Å². The number of aromatic nitrogens is 2. The van der Waals surface area contributed by atoms with Gasteiger partial charge in [0.15, 0.2) is 0 Å². The van der Waals surface area contributed by atoms with Crippen LogP contribution in [0.1, 0.15) is 34.5 Å². The van der Waals surface area contributed by atoms with Gasteiger partial charge in [0.25, 0.3) is 5.91 Å². The normalized spacial score (nSPS) is 16.4. The fourth-order valence-corrected chi connectivity index (χ4v) is 4.06.